The fraction of sp³-hybridized carbons (Fsp3) is 0.944. The molecule has 0 aromatic heterocycles. The van der Waals surface area contributed by atoms with Crippen LogP contribution in [0.5, 0.6) is 0 Å². The highest BCUT2D eigenvalue weighted by Gasteiger charge is 2.43. The van der Waals surface area contributed by atoms with Crippen molar-refractivity contribution in [1.29, 1.82) is 0 Å². The van der Waals surface area contributed by atoms with Gasteiger partial charge in [0.05, 0.1) is 0 Å². The molecular weight excluding hydrogens is 274 g/mol. The Morgan fingerprint density at radius 2 is 1.59 bits per heavy atom. The van der Waals surface area contributed by atoms with Gasteiger partial charge in [-0.1, -0.05) is 6.42 Å². The van der Waals surface area contributed by atoms with Crippen molar-refractivity contribution in [3.8, 4) is 0 Å². The number of nitrogens with one attached hydrogen (secondary N) is 1. The molecule has 22 heavy (non-hydrogen) atoms. The van der Waals surface area contributed by atoms with E-state index in [2.05, 4.69) is 17.3 Å². The Bertz CT molecular complexity index is 414. The van der Waals surface area contributed by atoms with E-state index in [9.17, 15) is 4.79 Å². The summed E-state index contributed by atoms with van der Waals surface area (Å²) in [4.78, 5) is 15.1. The number of rotatable bonds is 2. The lowest BCUT2D eigenvalue weighted by atomic mass is 9.65. The Kier molecular flexibility index (Phi) is 3.93. The van der Waals surface area contributed by atoms with E-state index in [1.54, 1.807) is 0 Å². The van der Waals surface area contributed by atoms with Crippen LogP contribution in [0.3, 0.4) is 0 Å². The first kappa shape index (κ1) is 14.9. The van der Waals surface area contributed by atoms with Gasteiger partial charge >= 0.3 is 0 Å². The molecule has 124 valence electrons. The summed E-state index contributed by atoms with van der Waals surface area (Å²) in [5.41, 5.74) is 6.38. The van der Waals surface area contributed by atoms with Crippen LogP contribution in [0.25, 0.3) is 0 Å². The van der Waals surface area contributed by atoms with E-state index in [1.807, 2.05) is 0 Å². The Hall–Kier alpha value is -0.610. The standard InChI is InChI=1S/C18H31N3O/c1-21(16-9-14-5-6-15(10-16)20-14)18(22)13-7-11-3-2-4-12(8-13)17(11)19/h11-17,20H,2-10,19H2,1H3. The van der Waals surface area contributed by atoms with E-state index in [-0.39, 0.29) is 5.92 Å². The first-order chi connectivity index (χ1) is 10.6. The SMILES string of the molecule is CN(C(=O)C1CC2CCCC(C1)C2N)C1CC2CCC(C1)N2. The van der Waals surface area contributed by atoms with Crippen molar-refractivity contribution in [3.63, 3.8) is 0 Å². The molecule has 2 heterocycles. The molecule has 0 aromatic carbocycles. The molecule has 4 rings (SSSR count). The van der Waals surface area contributed by atoms with Crippen molar-refractivity contribution in [2.24, 2.45) is 23.5 Å². The molecule has 4 bridgehead atoms. The number of carbonyl (C=O) groups is 1. The van der Waals surface area contributed by atoms with Crippen LogP contribution in [0.2, 0.25) is 0 Å². The van der Waals surface area contributed by atoms with E-state index in [4.69, 9.17) is 5.73 Å². The molecule has 2 saturated carbocycles. The third kappa shape index (κ3) is 2.58. The highest BCUT2D eigenvalue weighted by Crippen LogP contribution is 2.42. The lowest BCUT2D eigenvalue weighted by Gasteiger charge is -2.45. The van der Waals surface area contributed by atoms with E-state index >= 15 is 0 Å². The average molecular weight is 305 g/mol. The van der Waals surface area contributed by atoms with Crippen molar-refractivity contribution in [3.05, 3.63) is 0 Å². The number of nitrogens with two attached hydrogens (primary N) is 1. The minimum atomic E-state index is 0.243. The minimum Gasteiger partial charge on any atom is -0.342 e. The minimum absolute atomic E-state index is 0.243. The maximum Gasteiger partial charge on any atom is 0.225 e. The van der Waals surface area contributed by atoms with Crippen molar-refractivity contribution in [1.82, 2.24) is 10.2 Å². The third-order valence-corrected chi connectivity index (χ3v) is 7.11. The molecule has 2 aliphatic heterocycles. The van der Waals surface area contributed by atoms with Crippen LogP contribution in [0.1, 0.15) is 57.8 Å². The van der Waals surface area contributed by atoms with Gasteiger partial charge in [-0.3, -0.25) is 4.79 Å². The molecule has 0 aromatic rings. The number of fused-ring (bicyclic) bond motifs is 4. The molecule has 4 fully saturated rings. The van der Waals surface area contributed by atoms with Crippen molar-refractivity contribution in [2.75, 3.05) is 7.05 Å². The van der Waals surface area contributed by atoms with Gasteiger partial charge in [-0.05, 0) is 63.2 Å². The lowest BCUT2D eigenvalue weighted by Crippen LogP contribution is -2.53. The Morgan fingerprint density at radius 1 is 1.00 bits per heavy atom. The molecule has 4 nitrogen and oxygen atoms in total. The van der Waals surface area contributed by atoms with Gasteiger partial charge in [-0.25, -0.2) is 0 Å². The van der Waals surface area contributed by atoms with Crippen LogP contribution in [0, 0.1) is 17.8 Å². The number of nitrogens with zero attached hydrogens (tertiary/aromatic N) is 1. The van der Waals surface area contributed by atoms with Gasteiger partial charge in [-0.2, -0.15) is 0 Å². The van der Waals surface area contributed by atoms with Gasteiger partial charge in [0.2, 0.25) is 5.91 Å². The highest BCUT2D eigenvalue weighted by atomic mass is 16.2. The van der Waals surface area contributed by atoms with Gasteiger partial charge in [0, 0.05) is 37.1 Å². The zero-order chi connectivity index (χ0) is 15.3. The van der Waals surface area contributed by atoms with Crippen molar-refractivity contribution >= 4 is 5.91 Å². The summed E-state index contributed by atoms with van der Waals surface area (Å²) in [7, 11) is 2.06. The normalized spacial score (nSPS) is 47.3. The number of amides is 1. The second kappa shape index (κ2) is 5.79. The van der Waals surface area contributed by atoms with Gasteiger partial charge in [0.25, 0.3) is 0 Å². The predicted molar refractivity (Wildman–Crippen MR) is 87.3 cm³/mol. The first-order valence-corrected chi connectivity index (χ1v) is 9.40. The van der Waals surface area contributed by atoms with Gasteiger partial charge in [0.15, 0.2) is 0 Å². The Labute approximate surface area is 134 Å². The fourth-order valence-electron chi connectivity index (χ4n) is 5.80. The monoisotopic (exact) mass is 305 g/mol. The first-order valence-electron chi connectivity index (χ1n) is 9.40. The summed E-state index contributed by atoms with van der Waals surface area (Å²) >= 11 is 0. The average Bonchev–Trinajstić information content (AvgIpc) is 2.84. The zero-order valence-electron chi connectivity index (χ0n) is 13.8. The molecule has 1 amide bonds. The fourth-order valence-corrected chi connectivity index (χ4v) is 5.80. The molecule has 4 heteroatoms. The van der Waals surface area contributed by atoms with Crippen LogP contribution in [-0.4, -0.2) is 42.0 Å². The topological polar surface area (TPSA) is 58.4 Å². The van der Waals surface area contributed by atoms with Crippen LogP contribution >= 0.6 is 0 Å². The lowest BCUT2D eigenvalue weighted by molar-refractivity contribution is -0.140. The van der Waals surface area contributed by atoms with Crippen molar-refractivity contribution < 1.29 is 4.79 Å². The molecule has 2 aliphatic carbocycles. The molecule has 2 saturated heterocycles. The summed E-state index contributed by atoms with van der Waals surface area (Å²) in [6.45, 7) is 0. The highest BCUT2D eigenvalue weighted by molar-refractivity contribution is 5.79. The summed E-state index contributed by atoms with van der Waals surface area (Å²) in [5.74, 6) is 1.85. The van der Waals surface area contributed by atoms with E-state index in [0.29, 0.717) is 41.9 Å². The van der Waals surface area contributed by atoms with Crippen LogP contribution in [0.4, 0.5) is 0 Å². The van der Waals surface area contributed by atoms with Crippen LogP contribution in [-0.2, 0) is 4.79 Å². The number of hydrogen-bond acceptors (Lipinski definition) is 3. The zero-order valence-corrected chi connectivity index (χ0v) is 13.8. The smallest absolute Gasteiger partial charge is 0.225 e. The van der Waals surface area contributed by atoms with Crippen molar-refractivity contribution in [2.45, 2.75) is 82.0 Å². The molecule has 0 radical (unpaired) electrons. The molecule has 0 spiro atoms. The van der Waals surface area contributed by atoms with Gasteiger partial charge in [0.1, 0.15) is 0 Å². The predicted octanol–water partition coefficient (Wildman–Crippen LogP) is 1.88. The van der Waals surface area contributed by atoms with E-state index < -0.39 is 0 Å². The second-order valence-corrected chi connectivity index (χ2v) is 8.41. The quantitative estimate of drug-likeness (QED) is 0.819. The number of hydrogen-bond donors (Lipinski definition) is 2. The Balaban J connectivity index is 1.41. The van der Waals surface area contributed by atoms with Crippen LogP contribution < -0.4 is 11.1 Å². The summed E-state index contributed by atoms with van der Waals surface area (Å²) in [5, 5.41) is 3.68. The summed E-state index contributed by atoms with van der Waals surface area (Å²) in [6, 6.07) is 2.12. The Morgan fingerprint density at radius 3 is 2.18 bits per heavy atom. The van der Waals surface area contributed by atoms with E-state index in [1.165, 1.54) is 32.1 Å². The molecule has 3 N–H and O–H groups in total. The summed E-state index contributed by atoms with van der Waals surface area (Å²) < 4.78 is 0. The number of carbonyl (C=O) groups excluding carboxylic acids is 1. The molecule has 4 aliphatic rings. The second-order valence-electron chi connectivity index (χ2n) is 8.41. The largest absolute Gasteiger partial charge is 0.342 e. The van der Waals surface area contributed by atoms with Gasteiger partial charge in [-0.15, -0.1) is 0 Å². The molecule has 4 atom stereocenters. The molecular formula is C18H31N3O. The number of piperidine rings is 1. The maximum absolute atomic E-state index is 13.0. The molecule has 4 unspecified atom stereocenters. The maximum atomic E-state index is 13.0. The third-order valence-electron chi connectivity index (χ3n) is 7.11. The van der Waals surface area contributed by atoms with Gasteiger partial charge < -0.3 is 16.0 Å². The van der Waals surface area contributed by atoms with Crippen LogP contribution in [0.15, 0.2) is 0 Å². The summed E-state index contributed by atoms with van der Waals surface area (Å²) in [6.07, 6.45) is 10.8. The van der Waals surface area contributed by atoms with E-state index in [0.717, 1.165) is 25.7 Å².